The summed E-state index contributed by atoms with van der Waals surface area (Å²) in [5, 5.41) is 21.2. The third-order valence-corrected chi connectivity index (χ3v) is 6.81. The monoisotopic (exact) mass is 559 g/mol. The predicted octanol–water partition coefficient (Wildman–Crippen LogP) is 6.92. The Morgan fingerprint density at radius 3 is 2.17 bits per heavy atom. The van der Waals surface area contributed by atoms with Crippen LogP contribution in [0.3, 0.4) is 0 Å². The van der Waals surface area contributed by atoms with Crippen molar-refractivity contribution in [3.8, 4) is 11.5 Å². The van der Waals surface area contributed by atoms with Crippen LogP contribution in [0.2, 0.25) is 0 Å². The summed E-state index contributed by atoms with van der Waals surface area (Å²) >= 11 is 0. The van der Waals surface area contributed by atoms with Gasteiger partial charge in [-0.2, -0.15) is 13.2 Å². The normalized spacial score (nSPS) is 16.7. The molecule has 1 aliphatic heterocycles. The molecular weight excluding hydrogens is 535 g/mol. The molecule has 1 aliphatic rings. The van der Waals surface area contributed by atoms with Gasteiger partial charge in [0, 0.05) is 11.3 Å². The number of phenolic OH excluding ortho intramolecular Hbond substituents is 1. The van der Waals surface area contributed by atoms with Crippen LogP contribution in [0.15, 0.2) is 103 Å². The first kappa shape index (κ1) is 27.5. The average Bonchev–Trinajstić information content (AvgIpc) is 3.22. The molecule has 0 aromatic heterocycles. The van der Waals surface area contributed by atoms with Crippen LogP contribution in [0.5, 0.6) is 11.5 Å². The summed E-state index contributed by atoms with van der Waals surface area (Å²) in [5.74, 6) is -1.97. The highest BCUT2D eigenvalue weighted by atomic mass is 19.4. The van der Waals surface area contributed by atoms with Crippen LogP contribution in [0.4, 0.5) is 18.9 Å². The second-order valence-corrected chi connectivity index (χ2v) is 9.56. The van der Waals surface area contributed by atoms with Crippen LogP contribution in [0, 0.1) is 6.92 Å². The molecule has 1 fully saturated rings. The van der Waals surface area contributed by atoms with Gasteiger partial charge in [-0.1, -0.05) is 42.5 Å². The molecule has 6 nitrogen and oxygen atoms in total. The molecule has 0 spiro atoms. The quantitative estimate of drug-likeness (QED) is 0.152. The van der Waals surface area contributed by atoms with E-state index in [9.17, 15) is 33.0 Å². The topological polar surface area (TPSA) is 87.1 Å². The zero-order valence-electron chi connectivity index (χ0n) is 21.7. The molecule has 1 saturated heterocycles. The highest BCUT2D eigenvalue weighted by molar-refractivity contribution is 6.51. The summed E-state index contributed by atoms with van der Waals surface area (Å²) in [6, 6.07) is 22.7. The molecule has 1 amide bonds. The van der Waals surface area contributed by atoms with Gasteiger partial charge in [0.2, 0.25) is 0 Å². The van der Waals surface area contributed by atoms with Crippen LogP contribution < -0.4 is 9.64 Å². The Morgan fingerprint density at radius 1 is 0.902 bits per heavy atom. The van der Waals surface area contributed by atoms with Crippen molar-refractivity contribution in [3.05, 3.63) is 130 Å². The summed E-state index contributed by atoms with van der Waals surface area (Å²) in [4.78, 5) is 27.6. The predicted molar refractivity (Wildman–Crippen MR) is 146 cm³/mol. The third kappa shape index (κ3) is 5.51. The summed E-state index contributed by atoms with van der Waals surface area (Å²) in [7, 11) is 0. The number of hydrogen-bond acceptors (Lipinski definition) is 5. The minimum Gasteiger partial charge on any atom is -0.508 e. The number of ketones is 1. The van der Waals surface area contributed by atoms with E-state index in [4.69, 9.17) is 4.74 Å². The molecule has 208 valence electrons. The minimum atomic E-state index is -4.59. The lowest BCUT2D eigenvalue weighted by Gasteiger charge is -2.26. The standard InChI is InChI=1S/C32H24F3NO5/c1-19-17-22(9-16-26(19)41-18-20-5-3-2-4-6-20)29(38)27-28(21-7-14-25(37)15-8-21)36(31(40)30(27)39)24-12-10-23(11-13-24)32(33,34)35/h2-17,28,37-38H,18H2,1H3/b29-27-. The Morgan fingerprint density at radius 2 is 1.56 bits per heavy atom. The molecule has 0 radical (unpaired) electrons. The number of Topliss-reactive ketones (excluding diaryl/α,β-unsaturated/α-hetero) is 1. The molecule has 4 aromatic carbocycles. The van der Waals surface area contributed by atoms with Crippen molar-refractivity contribution >= 4 is 23.1 Å². The Balaban J connectivity index is 1.55. The van der Waals surface area contributed by atoms with E-state index < -0.39 is 35.2 Å². The molecule has 0 aliphatic carbocycles. The Hall–Kier alpha value is -5.05. The fourth-order valence-corrected chi connectivity index (χ4v) is 4.73. The van der Waals surface area contributed by atoms with Crippen molar-refractivity contribution in [2.24, 2.45) is 0 Å². The molecule has 0 saturated carbocycles. The maximum absolute atomic E-state index is 13.3. The molecule has 1 atom stereocenters. The van der Waals surface area contributed by atoms with Crippen molar-refractivity contribution in [1.82, 2.24) is 0 Å². The van der Waals surface area contributed by atoms with Gasteiger partial charge in [0.05, 0.1) is 17.2 Å². The fourth-order valence-electron chi connectivity index (χ4n) is 4.73. The van der Waals surface area contributed by atoms with E-state index in [1.165, 1.54) is 24.3 Å². The number of hydrogen-bond donors (Lipinski definition) is 2. The summed E-state index contributed by atoms with van der Waals surface area (Å²) in [5.41, 5.74) is 1.14. The summed E-state index contributed by atoms with van der Waals surface area (Å²) < 4.78 is 45.4. The number of benzene rings is 4. The number of aryl methyl sites for hydroxylation is 1. The van der Waals surface area contributed by atoms with Crippen molar-refractivity contribution in [2.75, 3.05) is 4.90 Å². The largest absolute Gasteiger partial charge is 0.508 e. The summed E-state index contributed by atoms with van der Waals surface area (Å²) in [6.07, 6.45) is -4.59. The number of ether oxygens (including phenoxy) is 1. The first-order valence-corrected chi connectivity index (χ1v) is 12.6. The smallest absolute Gasteiger partial charge is 0.416 e. The number of aliphatic hydroxyl groups is 1. The lowest BCUT2D eigenvalue weighted by atomic mass is 9.94. The zero-order valence-corrected chi connectivity index (χ0v) is 21.7. The van der Waals surface area contributed by atoms with Gasteiger partial charge in [0.25, 0.3) is 11.7 Å². The van der Waals surface area contributed by atoms with Gasteiger partial charge in [-0.3, -0.25) is 14.5 Å². The van der Waals surface area contributed by atoms with E-state index in [-0.39, 0.29) is 22.6 Å². The Kier molecular flexibility index (Phi) is 7.28. The van der Waals surface area contributed by atoms with Gasteiger partial charge >= 0.3 is 6.18 Å². The molecule has 9 heteroatoms. The molecule has 5 rings (SSSR count). The van der Waals surface area contributed by atoms with Gasteiger partial charge in [-0.25, -0.2) is 0 Å². The lowest BCUT2D eigenvalue weighted by molar-refractivity contribution is -0.137. The van der Waals surface area contributed by atoms with E-state index in [0.717, 1.165) is 34.7 Å². The number of amides is 1. The van der Waals surface area contributed by atoms with Crippen LogP contribution in [0.25, 0.3) is 5.76 Å². The molecule has 2 N–H and O–H groups in total. The number of alkyl halides is 3. The van der Waals surface area contributed by atoms with Crippen LogP contribution in [0.1, 0.15) is 33.9 Å². The van der Waals surface area contributed by atoms with Crippen molar-refractivity contribution < 1.29 is 37.7 Å². The van der Waals surface area contributed by atoms with Gasteiger partial charge in [-0.05, 0) is 78.2 Å². The molecule has 41 heavy (non-hydrogen) atoms. The van der Waals surface area contributed by atoms with Crippen molar-refractivity contribution in [2.45, 2.75) is 25.7 Å². The number of nitrogens with zero attached hydrogens (tertiary/aromatic N) is 1. The second kappa shape index (κ2) is 10.8. The summed E-state index contributed by atoms with van der Waals surface area (Å²) in [6.45, 7) is 2.10. The maximum Gasteiger partial charge on any atom is 0.416 e. The lowest BCUT2D eigenvalue weighted by Crippen LogP contribution is -2.29. The van der Waals surface area contributed by atoms with Crippen LogP contribution >= 0.6 is 0 Å². The van der Waals surface area contributed by atoms with E-state index >= 15 is 0 Å². The van der Waals surface area contributed by atoms with Gasteiger partial charge in [0.15, 0.2) is 0 Å². The minimum absolute atomic E-state index is 0.0399. The molecule has 1 heterocycles. The number of halogens is 3. The number of rotatable bonds is 6. The van der Waals surface area contributed by atoms with Crippen LogP contribution in [-0.2, 0) is 22.4 Å². The number of carbonyl (C=O) groups excluding carboxylic acids is 2. The number of carbonyl (C=O) groups is 2. The molecule has 0 bridgehead atoms. The number of aliphatic hydroxyl groups excluding tert-OH is 1. The van der Waals surface area contributed by atoms with Crippen molar-refractivity contribution in [3.63, 3.8) is 0 Å². The van der Waals surface area contributed by atoms with Crippen LogP contribution in [-0.4, -0.2) is 21.9 Å². The highest BCUT2D eigenvalue weighted by Crippen LogP contribution is 2.43. The molecule has 1 unspecified atom stereocenters. The van der Waals surface area contributed by atoms with E-state index in [2.05, 4.69) is 0 Å². The molecular formula is C32H24F3NO5. The first-order chi connectivity index (χ1) is 19.5. The van der Waals surface area contributed by atoms with Crippen molar-refractivity contribution in [1.29, 1.82) is 0 Å². The van der Waals surface area contributed by atoms with E-state index in [1.54, 1.807) is 25.1 Å². The molecule has 4 aromatic rings. The second-order valence-electron chi connectivity index (χ2n) is 9.56. The maximum atomic E-state index is 13.3. The Bertz CT molecular complexity index is 1630. The third-order valence-electron chi connectivity index (χ3n) is 6.81. The van der Waals surface area contributed by atoms with E-state index in [0.29, 0.717) is 23.5 Å². The SMILES string of the molecule is Cc1cc(/C(O)=C2/C(=O)C(=O)N(c3ccc(C(F)(F)F)cc3)C2c2ccc(O)cc2)ccc1OCc1ccccc1. The average molecular weight is 560 g/mol. The number of anilines is 1. The first-order valence-electron chi connectivity index (χ1n) is 12.6. The fraction of sp³-hybridized carbons (Fsp3) is 0.125. The van der Waals surface area contributed by atoms with Gasteiger partial charge < -0.3 is 14.9 Å². The highest BCUT2D eigenvalue weighted by Gasteiger charge is 2.47. The van der Waals surface area contributed by atoms with E-state index in [1.807, 2.05) is 30.3 Å². The van der Waals surface area contributed by atoms with Gasteiger partial charge in [-0.15, -0.1) is 0 Å². The zero-order chi connectivity index (χ0) is 29.3. The number of aromatic hydroxyl groups is 1. The Labute approximate surface area is 233 Å². The number of phenols is 1. The van der Waals surface area contributed by atoms with Gasteiger partial charge in [0.1, 0.15) is 23.9 Å².